The van der Waals surface area contributed by atoms with Gasteiger partial charge in [-0.1, -0.05) is 50.2 Å². The molecule has 0 bridgehead atoms. The number of amides is 2. The normalized spacial score (nSPS) is 11.8. The zero-order valence-corrected chi connectivity index (χ0v) is 15.4. The van der Waals surface area contributed by atoms with E-state index in [1.807, 2.05) is 24.3 Å². The molecule has 6 nitrogen and oxygen atoms in total. The molecule has 27 heavy (non-hydrogen) atoms. The van der Waals surface area contributed by atoms with Crippen LogP contribution in [0, 0.1) is 0 Å². The summed E-state index contributed by atoms with van der Waals surface area (Å²) in [6.07, 6.45) is -0.296. The van der Waals surface area contributed by atoms with Crippen molar-refractivity contribution in [2.75, 3.05) is 0 Å². The van der Waals surface area contributed by atoms with Crippen molar-refractivity contribution in [2.45, 2.75) is 38.6 Å². The van der Waals surface area contributed by atoms with Crippen LogP contribution in [-0.2, 0) is 9.59 Å². The highest BCUT2D eigenvalue weighted by atomic mass is 16.4. The maximum Gasteiger partial charge on any atom is 0.303 e. The Kier molecular flexibility index (Phi) is 6.71. The number of primary amides is 1. The van der Waals surface area contributed by atoms with Crippen LogP contribution in [0.5, 0.6) is 0 Å². The lowest BCUT2D eigenvalue weighted by Crippen LogP contribution is -2.44. The van der Waals surface area contributed by atoms with Gasteiger partial charge in [-0.3, -0.25) is 14.4 Å². The van der Waals surface area contributed by atoms with Crippen molar-refractivity contribution in [1.82, 2.24) is 5.32 Å². The van der Waals surface area contributed by atoms with Crippen LogP contribution >= 0.6 is 0 Å². The fourth-order valence-electron chi connectivity index (χ4n) is 2.69. The largest absolute Gasteiger partial charge is 0.481 e. The number of aliphatic carboxylic acids is 1. The molecular formula is C21H24N2O4. The van der Waals surface area contributed by atoms with Gasteiger partial charge in [0, 0.05) is 12.0 Å². The Bertz CT molecular complexity index is 828. The molecule has 0 spiro atoms. The lowest BCUT2D eigenvalue weighted by Gasteiger charge is -2.15. The summed E-state index contributed by atoms with van der Waals surface area (Å²) in [6.45, 7) is 4.26. The summed E-state index contributed by atoms with van der Waals surface area (Å²) in [7, 11) is 0. The minimum Gasteiger partial charge on any atom is -0.481 e. The third-order valence-electron chi connectivity index (χ3n) is 4.33. The molecule has 0 radical (unpaired) electrons. The van der Waals surface area contributed by atoms with Gasteiger partial charge in [-0.2, -0.15) is 0 Å². The van der Waals surface area contributed by atoms with E-state index >= 15 is 0 Å². The van der Waals surface area contributed by atoms with Crippen LogP contribution in [0.25, 0.3) is 11.1 Å². The van der Waals surface area contributed by atoms with E-state index in [9.17, 15) is 14.4 Å². The average molecular weight is 368 g/mol. The highest BCUT2D eigenvalue weighted by molar-refractivity contribution is 5.97. The van der Waals surface area contributed by atoms with Gasteiger partial charge in [-0.15, -0.1) is 0 Å². The van der Waals surface area contributed by atoms with Crippen LogP contribution in [-0.4, -0.2) is 28.9 Å². The number of carbonyl (C=O) groups excluding carboxylic acids is 2. The molecule has 0 aliphatic carbocycles. The van der Waals surface area contributed by atoms with Gasteiger partial charge in [0.2, 0.25) is 5.91 Å². The first kappa shape index (κ1) is 20.2. The fourth-order valence-corrected chi connectivity index (χ4v) is 2.69. The van der Waals surface area contributed by atoms with E-state index in [0.29, 0.717) is 11.5 Å². The summed E-state index contributed by atoms with van der Waals surface area (Å²) >= 11 is 0. The van der Waals surface area contributed by atoms with E-state index in [0.717, 1.165) is 11.1 Å². The van der Waals surface area contributed by atoms with Crippen LogP contribution < -0.4 is 11.1 Å². The molecule has 0 heterocycles. The van der Waals surface area contributed by atoms with E-state index in [-0.39, 0.29) is 12.8 Å². The molecule has 0 unspecified atom stereocenters. The molecule has 2 aromatic rings. The molecule has 0 aliphatic heterocycles. The second-order valence-corrected chi connectivity index (χ2v) is 6.72. The van der Waals surface area contributed by atoms with Crippen LogP contribution in [0.3, 0.4) is 0 Å². The number of benzene rings is 2. The topological polar surface area (TPSA) is 109 Å². The molecule has 142 valence electrons. The van der Waals surface area contributed by atoms with Crippen molar-refractivity contribution in [3.8, 4) is 11.1 Å². The smallest absolute Gasteiger partial charge is 0.303 e. The molecule has 2 amide bonds. The Labute approximate surface area is 158 Å². The zero-order valence-electron chi connectivity index (χ0n) is 15.4. The summed E-state index contributed by atoms with van der Waals surface area (Å²) in [4.78, 5) is 34.4. The van der Waals surface area contributed by atoms with E-state index in [2.05, 4.69) is 31.3 Å². The molecular weight excluding hydrogens is 344 g/mol. The standard InChI is InChI=1S/C21H24N2O4/c1-13(2)16-4-3-5-17(12-16)14-6-8-15(9-7-14)21(27)23-18(20(22)26)10-11-19(24)25/h3-9,12-13,18H,10-11H2,1-2H3,(H2,22,26)(H,23,27)(H,24,25)/t18-/m0/s1. The number of hydrogen-bond donors (Lipinski definition) is 3. The van der Waals surface area contributed by atoms with Crippen molar-refractivity contribution in [1.29, 1.82) is 0 Å². The quantitative estimate of drug-likeness (QED) is 0.665. The van der Waals surface area contributed by atoms with Gasteiger partial charge < -0.3 is 16.2 Å². The lowest BCUT2D eigenvalue weighted by molar-refractivity contribution is -0.137. The third kappa shape index (κ3) is 5.67. The predicted octanol–water partition coefficient (Wildman–Crippen LogP) is 2.93. The summed E-state index contributed by atoms with van der Waals surface area (Å²) in [5.41, 5.74) is 8.89. The van der Waals surface area contributed by atoms with Crippen molar-refractivity contribution in [3.63, 3.8) is 0 Å². The van der Waals surface area contributed by atoms with E-state index in [1.54, 1.807) is 12.1 Å². The second kappa shape index (κ2) is 8.98. The first-order valence-electron chi connectivity index (χ1n) is 8.80. The molecule has 6 heteroatoms. The van der Waals surface area contributed by atoms with E-state index in [4.69, 9.17) is 10.8 Å². The number of hydrogen-bond acceptors (Lipinski definition) is 3. The predicted molar refractivity (Wildman–Crippen MR) is 103 cm³/mol. The number of rotatable bonds is 8. The van der Waals surface area contributed by atoms with Gasteiger partial charge in [0.05, 0.1) is 0 Å². The number of carboxylic acids is 1. The maximum absolute atomic E-state index is 12.3. The van der Waals surface area contributed by atoms with Gasteiger partial charge in [-0.25, -0.2) is 0 Å². The zero-order chi connectivity index (χ0) is 20.0. The van der Waals surface area contributed by atoms with Crippen molar-refractivity contribution in [2.24, 2.45) is 5.73 Å². The molecule has 0 aromatic heterocycles. The molecule has 0 saturated heterocycles. The minimum absolute atomic E-state index is 0.0452. The Morgan fingerprint density at radius 2 is 1.70 bits per heavy atom. The van der Waals surface area contributed by atoms with E-state index < -0.39 is 23.8 Å². The van der Waals surface area contributed by atoms with Crippen LogP contribution in [0.2, 0.25) is 0 Å². The Balaban J connectivity index is 2.11. The third-order valence-corrected chi connectivity index (χ3v) is 4.33. The fraction of sp³-hybridized carbons (Fsp3) is 0.286. The highest BCUT2D eigenvalue weighted by Crippen LogP contribution is 2.24. The Hall–Kier alpha value is -3.15. The monoisotopic (exact) mass is 368 g/mol. The summed E-state index contributed by atoms with van der Waals surface area (Å²) < 4.78 is 0. The van der Waals surface area contributed by atoms with Gasteiger partial charge in [-0.05, 0) is 41.2 Å². The number of carboxylic acid groups (broad SMARTS) is 1. The first-order valence-corrected chi connectivity index (χ1v) is 8.80. The SMILES string of the molecule is CC(C)c1cccc(-c2ccc(C(=O)N[C@@H](CCC(=O)O)C(N)=O)cc2)c1. The average Bonchev–Trinajstić information content (AvgIpc) is 2.64. The summed E-state index contributed by atoms with van der Waals surface area (Å²) in [5.74, 6) is -1.85. The molecule has 0 aliphatic rings. The van der Waals surface area contributed by atoms with E-state index in [1.165, 1.54) is 5.56 Å². The summed E-state index contributed by atoms with van der Waals surface area (Å²) in [6, 6.07) is 14.2. The molecule has 1 atom stereocenters. The Morgan fingerprint density at radius 3 is 2.26 bits per heavy atom. The molecule has 0 fully saturated rings. The van der Waals surface area contributed by atoms with Crippen LogP contribution in [0.1, 0.15) is 48.5 Å². The lowest BCUT2D eigenvalue weighted by atomic mass is 9.97. The summed E-state index contributed by atoms with van der Waals surface area (Å²) in [5, 5.41) is 11.2. The molecule has 4 N–H and O–H groups in total. The molecule has 2 rings (SSSR count). The molecule has 0 saturated carbocycles. The Morgan fingerprint density at radius 1 is 1.04 bits per heavy atom. The minimum atomic E-state index is -1.05. The van der Waals surface area contributed by atoms with Crippen molar-refractivity contribution < 1.29 is 19.5 Å². The van der Waals surface area contributed by atoms with Gasteiger partial charge in [0.25, 0.3) is 5.91 Å². The molecule has 2 aromatic carbocycles. The van der Waals surface area contributed by atoms with Crippen LogP contribution in [0.4, 0.5) is 0 Å². The first-order chi connectivity index (χ1) is 12.8. The number of carbonyl (C=O) groups is 3. The number of nitrogens with two attached hydrogens (primary N) is 1. The van der Waals surface area contributed by atoms with Crippen molar-refractivity contribution >= 4 is 17.8 Å². The van der Waals surface area contributed by atoms with Crippen molar-refractivity contribution in [3.05, 3.63) is 59.7 Å². The number of nitrogens with one attached hydrogen (secondary N) is 1. The second-order valence-electron chi connectivity index (χ2n) is 6.72. The van der Waals surface area contributed by atoms with Gasteiger partial charge in [0.1, 0.15) is 6.04 Å². The highest BCUT2D eigenvalue weighted by Gasteiger charge is 2.20. The van der Waals surface area contributed by atoms with Gasteiger partial charge in [0.15, 0.2) is 0 Å². The van der Waals surface area contributed by atoms with Crippen LogP contribution in [0.15, 0.2) is 48.5 Å². The van der Waals surface area contributed by atoms with Gasteiger partial charge >= 0.3 is 5.97 Å². The maximum atomic E-state index is 12.3.